The lowest BCUT2D eigenvalue weighted by Gasteiger charge is -2.17. The van der Waals surface area contributed by atoms with Gasteiger partial charge in [0.05, 0.1) is 36.9 Å². The fraction of sp³-hybridized carbons (Fsp3) is 0.565. The van der Waals surface area contributed by atoms with E-state index in [1.54, 1.807) is 31.0 Å². The minimum absolute atomic E-state index is 0.0520. The van der Waals surface area contributed by atoms with E-state index >= 15 is 0 Å². The lowest BCUT2D eigenvalue weighted by atomic mass is 10.0. The molecule has 31 heavy (non-hydrogen) atoms. The van der Waals surface area contributed by atoms with E-state index in [4.69, 9.17) is 4.74 Å². The predicted molar refractivity (Wildman–Crippen MR) is 125 cm³/mol. The van der Waals surface area contributed by atoms with Gasteiger partial charge in [0.2, 0.25) is 0 Å². The number of Topliss-reactive ketones (excluding diaryl/α,β-unsaturated/α-hetero) is 1. The monoisotopic (exact) mass is 468 g/mol. The second kappa shape index (κ2) is 14.0. The van der Waals surface area contributed by atoms with E-state index in [2.05, 4.69) is 4.74 Å². The van der Waals surface area contributed by atoms with Gasteiger partial charge in [0.1, 0.15) is 5.78 Å². The molecule has 0 amide bonds. The molecule has 1 aliphatic carbocycles. The van der Waals surface area contributed by atoms with Gasteiger partial charge in [0.15, 0.2) is 0 Å². The van der Waals surface area contributed by atoms with Gasteiger partial charge in [-0.05, 0) is 29.1 Å². The van der Waals surface area contributed by atoms with E-state index < -0.39 is 12.2 Å². The number of carbonyl (C=O) groups excluding carboxylic acids is 2. The summed E-state index contributed by atoms with van der Waals surface area (Å²) in [4.78, 5) is 23.4. The van der Waals surface area contributed by atoms with E-state index in [-0.39, 0.29) is 29.3 Å². The second-order valence-electron chi connectivity index (χ2n) is 7.50. The molecule has 0 aromatic heterocycles. The van der Waals surface area contributed by atoms with Crippen LogP contribution in [0.15, 0.2) is 36.4 Å². The van der Waals surface area contributed by atoms with Crippen LogP contribution in [0.2, 0.25) is 0 Å². The SMILES string of the molecule is COCc1cccc(CC(O)C=CC2C(O)CC(=O)C2SCCCSCC(=O)OC)c1. The lowest BCUT2D eigenvalue weighted by molar-refractivity contribution is -0.137. The van der Waals surface area contributed by atoms with Crippen molar-refractivity contribution in [1.29, 1.82) is 0 Å². The molecule has 172 valence electrons. The van der Waals surface area contributed by atoms with E-state index in [1.807, 2.05) is 24.3 Å². The quantitative estimate of drug-likeness (QED) is 0.259. The average molecular weight is 469 g/mol. The number of aliphatic hydroxyl groups is 2. The number of hydrogen-bond donors (Lipinski definition) is 2. The van der Waals surface area contributed by atoms with Crippen LogP contribution in [0, 0.1) is 5.92 Å². The summed E-state index contributed by atoms with van der Waals surface area (Å²) < 4.78 is 9.75. The van der Waals surface area contributed by atoms with E-state index in [9.17, 15) is 19.8 Å². The Morgan fingerprint density at radius 2 is 2.06 bits per heavy atom. The first-order valence-corrected chi connectivity index (χ1v) is 12.5. The molecule has 6 nitrogen and oxygen atoms in total. The highest BCUT2D eigenvalue weighted by Crippen LogP contribution is 2.34. The third-order valence-corrected chi connectivity index (χ3v) is 7.48. The van der Waals surface area contributed by atoms with Crippen LogP contribution in [0.4, 0.5) is 0 Å². The Hall–Kier alpha value is -1.32. The molecule has 2 N–H and O–H groups in total. The summed E-state index contributed by atoms with van der Waals surface area (Å²) in [5, 5.41) is 20.5. The lowest BCUT2D eigenvalue weighted by Crippen LogP contribution is -2.22. The zero-order valence-corrected chi connectivity index (χ0v) is 19.7. The molecule has 2 rings (SSSR count). The smallest absolute Gasteiger partial charge is 0.315 e. The Labute approximate surface area is 192 Å². The molecule has 0 aliphatic heterocycles. The molecule has 4 unspecified atom stereocenters. The Kier molecular flexibility index (Phi) is 11.7. The minimum atomic E-state index is -0.716. The average Bonchev–Trinajstić information content (AvgIpc) is 3.01. The maximum absolute atomic E-state index is 12.3. The number of ether oxygens (including phenoxy) is 2. The molecule has 1 aromatic rings. The summed E-state index contributed by atoms with van der Waals surface area (Å²) in [6, 6.07) is 7.88. The van der Waals surface area contributed by atoms with Crippen LogP contribution in [-0.2, 0) is 32.1 Å². The fourth-order valence-corrected chi connectivity index (χ4v) is 5.77. The van der Waals surface area contributed by atoms with E-state index in [1.165, 1.54) is 18.9 Å². The van der Waals surface area contributed by atoms with Gasteiger partial charge in [-0.25, -0.2) is 0 Å². The summed E-state index contributed by atoms with van der Waals surface area (Å²) in [5.41, 5.74) is 2.05. The maximum atomic E-state index is 12.3. The molecule has 0 saturated heterocycles. The van der Waals surface area contributed by atoms with Gasteiger partial charge in [-0.1, -0.05) is 36.4 Å². The molecule has 1 saturated carbocycles. The normalized spacial score (nSPS) is 22.2. The van der Waals surface area contributed by atoms with Crippen molar-refractivity contribution in [2.75, 3.05) is 31.5 Å². The van der Waals surface area contributed by atoms with Crippen molar-refractivity contribution in [3.05, 3.63) is 47.5 Å². The molecular weight excluding hydrogens is 436 g/mol. The van der Waals surface area contributed by atoms with Crippen molar-refractivity contribution in [2.45, 2.75) is 43.3 Å². The van der Waals surface area contributed by atoms with Gasteiger partial charge in [0, 0.05) is 25.9 Å². The molecule has 1 fully saturated rings. The van der Waals surface area contributed by atoms with Crippen molar-refractivity contribution in [3.63, 3.8) is 0 Å². The van der Waals surface area contributed by atoms with Crippen LogP contribution in [0.3, 0.4) is 0 Å². The van der Waals surface area contributed by atoms with Gasteiger partial charge in [0.25, 0.3) is 0 Å². The van der Waals surface area contributed by atoms with Gasteiger partial charge < -0.3 is 19.7 Å². The highest BCUT2D eigenvalue weighted by Gasteiger charge is 2.40. The molecule has 0 spiro atoms. The maximum Gasteiger partial charge on any atom is 0.315 e. The third-order valence-electron chi connectivity index (χ3n) is 5.00. The van der Waals surface area contributed by atoms with Gasteiger partial charge >= 0.3 is 5.97 Å². The number of esters is 1. The highest BCUT2D eigenvalue weighted by atomic mass is 32.2. The molecule has 1 aliphatic rings. The molecule has 1 aromatic carbocycles. The van der Waals surface area contributed by atoms with E-state index in [0.717, 1.165) is 29.1 Å². The molecular formula is C23H32O6S2. The van der Waals surface area contributed by atoms with Crippen molar-refractivity contribution in [1.82, 2.24) is 0 Å². The number of rotatable bonds is 13. The Balaban J connectivity index is 1.83. The largest absolute Gasteiger partial charge is 0.468 e. The van der Waals surface area contributed by atoms with Gasteiger partial charge in [-0.3, -0.25) is 9.59 Å². The Morgan fingerprint density at radius 3 is 2.81 bits per heavy atom. The highest BCUT2D eigenvalue weighted by molar-refractivity contribution is 8.01. The number of hydrogen-bond acceptors (Lipinski definition) is 8. The zero-order chi connectivity index (χ0) is 22.6. The minimum Gasteiger partial charge on any atom is -0.468 e. The number of carbonyl (C=O) groups is 2. The van der Waals surface area contributed by atoms with Crippen LogP contribution < -0.4 is 0 Å². The molecule has 8 heteroatoms. The summed E-state index contributed by atoms with van der Waals surface area (Å²) in [6.07, 6.45) is 3.55. The van der Waals surface area contributed by atoms with Crippen molar-refractivity contribution >= 4 is 35.3 Å². The summed E-state index contributed by atoms with van der Waals surface area (Å²) in [7, 11) is 3.02. The number of ketones is 1. The van der Waals surface area contributed by atoms with Gasteiger partial charge in [-0.2, -0.15) is 11.8 Å². The van der Waals surface area contributed by atoms with Crippen molar-refractivity contribution in [3.8, 4) is 0 Å². The topological polar surface area (TPSA) is 93.1 Å². The van der Waals surface area contributed by atoms with Crippen LogP contribution >= 0.6 is 23.5 Å². The third kappa shape index (κ3) is 8.98. The molecule has 4 atom stereocenters. The standard InChI is InChI=1S/C23H32O6S2/c1-28-14-17-6-3-5-16(11-17)12-18(24)7-8-19-20(25)13-21(26)23(19)31-10-4-9-30-15-22(27)29-2/h3,5-8,11,18-20,23-25H,4,9-10,12-15H2,1-2H3. The molecule has 0 heterocycles. The van der Waals surface area contributed by atoms with Crippen LogP contribution in [0.25, 0.3) is 0 Å². The summed E-state index contributed by atoms with van der Waals surface area (Å²) in [5.74, 6) is 1.44. The van der Waals surface area contributed by atoms with Crippen molar-refractivity contribution in [2.24, 2.45) is 5.92 Å². The first-order chi connectivity index (χ1) is 14.9. The zero-order valence-electron chi connectivity index (χ0n) is 18.1. The number of benzene rings is 1. The fourth-order valence-electron chi connectivity index (χ4n) is 3.47. The summed E-state index contributed by atoms with van der Waals surface area (Å²) >= 11 is 3.06. The van der Waals surface area contributed by atoms with Crippen LogP contribution in [0.1, 0.15) is 24.0 Å². The molecule has 0 radical (unpaired) electrons. The Bertz CT molecular complexity index is 739. The Morgan fingerprint density at radius 1 is 1.29 bits per heavy atom. The number of thioether (sulfide) groups is 2. The van der Waals surface area contributed by atoms with Crippen LogP contribution in [-0.4, -0.2) is 70.9 Å². The predicted octanol–water partition coefficient (Wildman–Crippen LogP) is 2.64. The second-order valence-corrected chi connectivity index (χ2v) is 9.85. The first kappa shape index (κ1) is 25.9. The van der Waals surface area contributed by atoms with Gasteiger partial charge in [-0.15, -0.1) is 11.8 Å². The number of methoxy groups -OCH3 is 2. The number of aliphatic hydroxyl groups excluding tert-OH is 2. The van der Waals surface area contributed by atoms with Crippen LogP contribution in [0.5, 0.6) is 0 Å². The summed E-state index contributed by atoms with van der Waals surface area (Å²) in [6.45, 7) is 0.524. The van der Waals surface area contributed by atoms with E-state index in [0.29, 0.717) is 18.8 Å². The molecule has 0 bridgehead atoms. The van der Waals surface area contributed by atoms with Crippen molar-refractivity contribution < 1.29 is 29.3 Å². The first-order valence-electron chi connectivity index (χ1n) is 10.3.